The van der Waals surface area contributed by atoms with Crippen LogP contribution in [0.15, 0.2) is 0 Å². The minimum absolute atomic E-state index is 0.424. The highest BCUT2D eigenvalue weighted by Gasteiger charge is 2.14. The largest absolute Gasteiger partial charge is 0.480 e. The molecule has 0 aromatic heterocycles. The lowest BCUT2D eigenvalue weighted by Gasteiger charge is -2.10. The lowest BCUT2D eigenvalue weighted by molar-refractivity contribution is -0.140. The van der Waals surface area contributed by atoms with E-state index in [4.69, 9.17) is 14.6 Å². The number of methoxy groups -OCH3 is 1. The van der Waals surface area contributed by atoms with Gasteiger partial charge in [-0.15, -0.1) is 0 Å². The second kappa shape index (κ2) is 12.7. The summed E-state index contributed by atoms with van der Waals surface area (Å²) in [5.41, 5.74) is 0. The zero-order chi connectivity index (χ0) is 13.6. The number of rotatable bonds is 13. The number of carbonyl (C=O) groups is 2. The maximum atomic E-state index is 10.7. The van der Waals surface area contributed by atoms with E-state index in [1.165, 1.54) is 0 Å². The molecule has 0 radical (unpaired) electrons. The topological polar surface area (TPSA) is 84.9 Å². The molecule has 0 heterocycles. The summed E-state index contributed by atoms with van der Waals surface area (Å²) in [4.78, 5) is 20.9. The second-order valence-electron chi connectivity index (χ2n) is 3.54. The van der Waals surface area contributed by atoms with Crippen LogP contribution < -0.4 is 5.32 Å². The second-order valence-corrected chi connectivity index (χ2v) is 4.76. The van der Waals surface area contributed by atoms with Crippen molar-refractivity contribution in [3.8, 4) is 0 Å². The molecule has 1 unspecified atom stereocenters. The highest BCUT2D eigenvalue weighted by atomic mass is 32.2. The van der Waals surface area contributed by atoms with Gasteiger partial charge in [0.1, 0.15) is 6.04 Å². The summed E-state index contributed by atoms with van der Waals surface area (Å²) in [6, 6.07) is -0.784. The van der Waals surface area contributed by atoms with E-state index in [2.05, 4.69) is 5.32 Å². The maximum Gasteiger partial charge on any atom is 0.326 e. The van der Waals surface area contributed by atoms with E-state index in [-0.39, 0.29) is 0 Å². The zero-order valence-corrected chi connectivity index (χ0v) is 11.4. The van der Waals surface area contributed by atoms with Crippen molar-refractivity contribution in [3.63, 3.8) is 0 Å². The van der Waals surface area contributed by atoms with Gasteiger partial charge in [-0.2, -0.15) is 11.8 Å². The Morgan fingerprint density at radius 2 is 2.17 bits per heavy atom. The third-order valence-corrected chi connectivity index (χ3v) is 3.23. The Kier molecular flexibility index (Phi) is 12.1. The van der Waals surface area contributed by atoms with Crippen LogP contribution in [0.5, 0.6) is 0 Å². The van der Waals surface area contributed by atoms with Crippen LogP contribution in [0.3, 0.4) is 0 Å². The summed E-state index contributed by atoms with van der Waals surface area (Å²) >= 11 is 1.66. The quantitative estimate of drug-likeness (QED) is 0.374. The third-order valence-electron chi connectivity index (χ3n) is 2.13. The number of hydrogen-bond donors (Lipinski definition) is 2. The van der Waals surface area contributed by atoms with Crippen LogP contribution in [0.2, 0.25) is 0 Å². The van der Waals surface area contributed by atoms with Crippen molar-refractivity contribution in [2.75, 3.05) is 38.4 Å². The molecule has 0 saturated heterocycles. The molecule has 0 rings (SSSR count). The summed E-state index contributed by atoms with van der Waals surface area (Å²) in [5, 5.41) is 11.0. The molecule has 1 atom stereocenters. The van der Waals surface area contributed by atoms with Gasteiger partial charge in [0.25, 0.3) is 0 Å². The minimum Gasteiger partial charge on any atom is -0.480 e. The Morgan fingerprint density at radius 3 is 2.78 bits per heavy atom. The Bertz CT molecular complexity index is 227. The number of aliphatic carboxylic acids is 1. The number of carboxylic acid groups (broad SMARTS) is 1. The van der Waals surface area contributed by atoms with Crippen LogP contribution in [0.1, 0.15) is 12.8 Å². The van der Waals surface area contributed by atoms with Gasteiger partial charge in [0, 0.05) is 13.7 Å². The van der Waals surface area contributed by atoms with E-state index in [1.807, 2.05) is 0 Å². The number of hydrogen-bond acceptors (Lipinski definition) is 5. The van der Waals surface area contributed by atoms with Gasteiger partial charge in [-0.25, -0.2) is 4.79 Å². The van der Waals surface area contributed by atoms with Crippen LogP contribution >= 0.6 is 11.8 Å². The van der Waals surface area contributed by atoms with E-state index >= 15 is 0 Å². The molecule has 0 spiro atoms. The Hall–Kier alpha value is -0.790. The first kappa shape index (κ1) is 17.2. The van der Waals surface area contributed by atoms with Gasteiger partial charge in [-0.05, 0) is 24.3 Å². The highest BCUT2D eigenvalue weighted by Crippen LogP contribution is 2.07. The molecule has 2 N–H and O–H groups in total. The Balaban J connectivity index is 3.32. The molecule has 0 aromatic rings. The molecular weight excluding hydrogens is 258 g/mol. The molecule has 0 bridgehead atoms. The molecule has 18 heavy (non-hydrogen) atoms. The molecule has 0 fully saturated rings. The number of ether oxygens (including phenoxy) is 2. The number of amides is 1. The summed E-state index contributed by atoms with van der Waals surface area (Å²) in [5.74, 6) is 0.627. The molecule has 106 valence electrons. The Labute approximate surface area is 111 Å². The molecule has 0 aliphatic rings. The zero-order valence-electron chi connectivity index (χ0n) is 10.6. The first-order valence-electron chi connectivity index (χ1n) is 5.79. The van der Waals surface area contributed by atoms with E-state index < -0.39 is 12.0 Å². The van der Waals surface area contributed by atoms with Gasteiger partial charge < -0.3 is 19.9 Å². The van der Waals surface area contributed by atoms with Crippen LogP contribution in [-0.2, 0) is 19.1 Å². The van der Waals surface area contributed by atoms with Crippen molar-refractivity contribution < 1.29 is 24.2 Å². The van der Waals surface area contributed by atoms with Crippen molar-refractivity contribution in [2.24, 2.45) is 0 Å². The standard InChI is InChI=1S/C11H21NO5S/c1-16-5-6-17-4-2-7-18-8-3-10(11(14)15)12-9-13/h9-10H,2-8H2,1H3,(H,12,13)(H,14,15). The summed E-state index contributed by atoms with van der Waals surface area (Å²) in [6.45, 7) is 1.89. The lowest BCUT2D eigenvalue weighted by atomic mass is 10.2. The van der Waals surface area contributed by atoms with Gasteiger partial charge in [-0.3, -0.25) is 4.79 Å². The monoisotopic (exact) mass is 279 g/mol. The van der Waals surface area contributed by atoms with Crippen molar-refractivity contribution in [3.05, 3.63) is 0 Å². The van der Waals surface area contributed by atoms with Crippen LogP contribution in [0.4, 0.5) is 0 Å². The first-order chi connectivity index (χ1) is 8.72. The fourth-order valence-electron chi connectivity index (χ4n) is 1.17. The predicted molar refractivity (Wildman–Crippen MR) is 69.9 cm³/mol. The van der Waals surface area contributed by atoms with Crippen LogP contribution in [-0.4, -0.2) is 62.0 Å². The number of thioether (sulfide) groups is 1. The summed E-state index contributed by atoms with van der Waals surface area (Å²) in [6.07, 6.45) is 1.78. The first-order valence-corrected chi connectivity index (χ1v) is 6.94. The maximum absolute atomic E-state index is 10.7. The van der Waals surface area contributed by atoms with E-state index in [0.717, 1.165) is 12.2 Å². The van der Waals surface area contributed by atoms with Crippen molar-refractivity contribution >= 4 is 24.1 Å². The smallest absolute Gasteiger partial charge is 0.326 e. The summed E-state index contributed by atoms with van der Waals surface area (Å²) in [7, 11) is 1.63. The molecule has 0 aliphatic carbocycles. The number of carboxylic acids is 1. The van der Waals surface area contributed by atoms with Gasteiger partial charge >= 0.3 is 5.97 Å². The van der Waals surface area contributed by atoms with E-state index in [1.54, 1.807) is 18.9 Å². The van der Waals surface area contributed by atoms with Gasteiger partial charge in [0.05, 0.1) is 13.2 Å². The molecular formula is C11H21NO5S. The Morgan fingerprint density at radius 1 is 1.39 bits per heavy atom. The van der Waals surface area contributed by atoms with Crippen LogP contribution in [0, 0.1) is 0 Å². The van der Waals surface area contributed by atoms with Crippen molar-refractivity contribution in [2.45, 2.75) is 18.9 Å². The summed E-state index contributed by atoms with van der Waals surface area (Å²) < 4.78 is 10.1. The van der Waals surface area contributed by atoms with E-state index in [0.29, 0.717) is 38.4 Å². The third kappa shape index (κ3) is 10.4. The average Bonchev–Trinajstić information content (AvgIpc) is 2.35. The van der Waals surface area contributed by atoms with Gasteiger partial charge in [0.2, 0.25) is 6.41 Å². The molecule has 0 saturated carbocycles. The number of carbonyl (C=O) groups excluding carboxylic acids is 1. The fourth-order valence-corrected chi connectivity index (χ4v) is 2.10. The molecule has 0 aliphatic heterocycles. The van der Waals surface area contributed by atoms with Crippen molar-refractivity contribution in [1.29, 1.82) is 0 Å². The SMILES string of the molecule is COCCOCCCSCCC(NC=O)C(=O)O. The molecule has 7 heteroatoms. The average molecular weight is 279 g/mol. The minimum atomic E-state index is -0.995. The molecule has 1 amide bonds. The molecule has 6 nitrogen and oxygen atoms in total. The predicted octanol–water partition coefficient (Wildman–Crippen LogP) is 0.362. The molecule has 0 aromatic carbocycles. The van der Waals surface area contributed by atoms with E-state index in [9.17, 15) is 9.59 Å². The lowest BCUT2D eigenvalue weighted by Crippen LogP contribution is -2.36. The van der Waals surface area contributed by atoms with Crippen molar-refractivity contribution in [1.82, 2.24) is 5.32 Å². The normalized spacial score (nSPS) is 12.1. The van der Waals surface area contributed by atoms with Crippen LogP contribution in [0.25, 0.3) is 0 Å². The highest BCUT2D eigenvalue weighted by molar-refractivity contribution is 7.99. The fraction of sp³-hybridized carbons (Fsp3) is 0.818. The van der Waals surface area contributed by atoms with Gasteiger partial charge in [0.15, 0.2) is 0 Å². The van der Waals surface area contributed by atoms with Gasteiger partial charge in [-0.1, -0.05) is 0 Å². The number of nitrogens with one attached hydrogen (secondary N) is 1.